The highest BCUT2D eigenvalue weighted by Gasteiger charge is 2.33. The minimum atomic E-state index is -0.943. The number of piperazine rings is 1. The van der Waals surface area contributed by atoms with E-state index in [1.165, 1.54) is 0 Å². The van der Waals surface area contributed by atoms with Crippen LogP contribution in [0.1, 0.15) is 13.3 Å². The van der Waals surface area contributed by atoms with E-state index >= 15 is 0 Å². The van der Waals surface area contributed by atoms with Crippen LogP contribution in [0.5, 0.6) is 0 Å². The first-order valence-corrected chi connectivity index (χ1v) is 5.84. The molecule has 0 aromatic rings. The number of carbonyl (C=O) groups is 2. The van der Waals surface area contributed by atoms with Crippen LogP contribution in [0.15, 0.2) is 0 Å². The molecule has 0 bridgehead atoms. The van der Waals surface area contributed by atoms with Gasteiger partial charge in [0.25, 0.3) is 0 Å². The quantitative estimate of drug-likeness (QED) is 0.646. The lowest BCUT2D eigenvalue weighted by molar-refractivity contribution is -0.149. The van der Waals surface area contributed by atoms with Gasteiger partial charge in [-0.15, -0.1) is 0 Å². The number of carbonyl (C=O) groups excluding carboxylic acids is 1. The molecule has 1 fully saturated rings. The average Bonchev–Trinajstić information content (AvgIpc) is 2.27. The first kappa shape index (κ1) is 13.9. The molecule has 0 aromatic carbocycles. The lowest BCUT2D eigenvalue weighted by Crippen LogP contribution is -2.56. The normalized spacial score (nSPS) is 21.9. The second-order valence-corrected chi connectivity index (χ2v) is 4.12. The molecule has 98 valence electrons. The van der Waals surface area contributed by atoms with Gasteiger partial charge in [-0.25, -0.2) is 0 Å². The Kier molecular flexibility index (Phi) is 5.37. The minimum Gasteiger partial charge on any atom is -0.481 e. The standard InChI is InChI=1S/C11H20N2O4/c1-3-17-7-6-13-5-4-12(2)9(11(13)16)8-10(14)15/h9H,3-8H2,1-2H3,(H,14,15). The number of amides is 1. The zero-order valence-electron chi connectivity index (χ0n) is 10.4. The number of hydrogen-bond acceptors (Lipinski definition) is 4. The van der Waals surface area contributed by atoms with Crippen molar-refractivity contribution in [3.63, 3.8) is 0 Å². The third-order valence-corrected chi connectivity index (χ3v) is 2.93. The monoisotopic (exact) mass is 244 g/mol. The van der Waals surface area contributed by atoms with Crippen molar-refractivity contribution in [3.05, 3.63) is 0 Å². The van der Waals surface area contributed by atoms with Crippen molar-refractivity contribution >= 4 is 11.9 Å². The summed E-state index contributed by atoms with van der Waals surface area (Å²) in [5.41, 5.74) is 0. The van der Waals surface area contributed by atoms with Crippen molar-refractivity contribution < 1.29 is 19.4 Å². The Labute approximate surface area is 101 Å². The van der Waals surface area contributed by atoms with Crippen LogP contribution in [0.4, 0.5) is 0 Å². The highest BCUT2D eigenvalue weighted by molar-refractivity contribution is 5.86. The van der Waals surface area contributed by atoms with Crippen LogP contribution in [0.3, 0.4) is 0 Å². The van der Waals surface area contributed by atoms with Crippen LogP contribution in [0.2, 0.25) is 0 Å². The summed E-state index contributed by atoms with van der Waals surface area (Å²) in [6, 6.07) is -0.539. The Hall–Kier alpha value is -1.14. The molecular formula is C11H20N2O4. The van der Waals surface area contributed by atoms with Crippen molar-refractivity contribution in [2.45, 2.75) is 19.4 Å². The van der Waals surface area contributed by atoms with Crippen molar-refractivity contribution in [3.8, 4) is 0 Å². The van der Waals surface area contributed by atoms with Gasteiger partial charge >= 0.3 is 5.97 Å². The minimum absolute atomic E-state index is 0.110. The van der Waals surface area contributed by atoms with Gasteiger partial charge in [-0.1, -0.05) is 0 Å². The molecule has 0 spiro atoms. The van der Waals surface area contributed by atoms with Gasteiger partial charge < -0.3 is 14.7 Å². The Balaban J connectivity index is 2.52. The Morgan fingerprint density at radius 2 is 2.24 bits per heavy atom. The molecule has 1 amide bonds. The van der Waals surface area contributed by atoms with E-state index < -0.39 is 12.0 Å². The summed E-state index contributed by atoms with van der Waals surface area (Å²) in [6.45, 7) is 4.91. The molecule has 6 nitrogen and oxygen atoms in total. The molecule has 1 N–H and O–H groups in total. The molecule has 1 atom stereocenters. The third-order valence-electron chi connectivity index (χ3n) is 2.93. The highest BCUT2D eigenvalue weighted by Crippen LogP contribution is 2.12. The molecule has 1 saturated heterocycles. The van der Waals surface area contributed by atoms with E-state index in [0.717, 1.165) is 0 Å². The first-order chi connectivity index (χ1) is 8.06. The van der Waals surface area contributed by atoms with Crippen LogP contribution < -0.4 is 0 Å². The molecule has 6 heteroatoms. The number of hydrogen-bond donors (Lipinski definition) is 1. The first-order valence-electron chi connectivity index (χ1n) is 5.84. The number of carboxylic acids is 1. The third kappa shape index (κ3) is 3.98. The lowest BCUT2D eigenvalue weighted by atomic mass is 10.1. The van der Waals surface area contributed by atoms with E-state index in [-0.39, 0.29) is 12.3 Å². The summed E-state index contributed by atoms with van der Waals surface area (Å²) in [6.07, 6.45) is -0.138. The summed E-state index contributed by atoms with van der Waals surface area (Å²) in [5.74, 6) is -1.05. The largest absolute Gasteiger partial charge is 0.481 e. The van der Waals surface area contributed by atoms with Crippen molar-refractivity contribution in [1.82, 2.24) is 9.80 Å². The number of aliphatic carboxylic acids is 1. The van der Waals surface area contributed by atoms with Crippen LogP contribution in [0, 0.1) is 0 Å². The highest BCUT2D eigenvalue weighted by atomic mass is 16.5. The number of carboxylic acid groups (broad SMARTS) is 1. The van der Waals surface area contributed by atoms with Crippen LogP contribution >= 0.6 is 0 Å². The van der Waals surface area contributed by atoms with Gasteiger partial charge in [0, 0.05) is 26.2 Å². The van der Waals surface area contributed by atoms with E-state index in [1.54, 1.807) is 16.8 Å². The second kappa shape index (κ2) is 6.56. The number of rotatable bonds is 6. The van der Waals surface area contributed by atoms with Gasteiger partial charge in [-0.3, -0.25) is 14.5 Å². The molecule has 1 aliphatic rings. The number of ether oxygens (including phenoxy) is 1. The van der Waals surface area contributed by atoms with Gasteiger partial charge in [0.2, 0.25) is 5.91 Å². The summed E-state index contributed by atoms with van der Waals surface area (Å²) >= 11 is 0. The van der Waals surface area contributed by atoms with Crippen LogP contribution in [-0.2, 0) is 14.3 Å². The number of nitrogens with zero attached hydrogens (tertiary/aromatic N) is 2. The summed E-state index contributed by atoms with van der Waals surface area (Å²) < 4.78 is 5.20. The summed E-state index contributed by atoms with van der Waals surface area (Å²) in [7, 11) is 1.78. The van der Waals surface area contributed by atoms with E-state index in [2.05, 4.69) is 0 Å². The van der Waals surface area contributed by atoms with Gasteiger partial charge in [-0.2, -0.15) is 0 Å². The predicted octanol–water partition coefficient (Wildman–Crippen LogP) is -0.360. The van der Waals surface area contributed by atoms with Crippen molar-refractivity contribution in [2.75, 3.05) is 39.9 Å². The maximum absolute atomic E-state index is 12.0. The van der Waals surface area contributed by atoms with E-state index in [9.17, 15) is 9.59 Å². The molecule has 1 heterocycles. The molecular weight excluding hydrogens is 224 g/mol. The smallest absolute Gasteiger partial charge is 0.305 e. The zero-order valence-corrected chi connectivity index (χ0v) is 10.4. The maximum Gasteiger partial charge on any atom is 0.305 e. The summed E-state index contributed by atoms with van der Waals surface area (Å²) in [4.78, 5) is 26.2. The molecule has 1 rings (SSSR count). The van der Waals surface area contributed by atoms with Crippen molar-refractivity contribution in [1.29, 1.82) is 0 Å². The van der Waals surface area contributed by atoms with Gasteiger partial charge in [-0.05, 0) is 14.0 Å². The molecule has 0 aliphatic carbocycles. The molecule has 0 aromatic heterocycles. The fourth-order valence-corrected chi connectivity index (χ4v) is 1.89. The van der Waals surface area contributed by atoms with Crippen LogP contribution in [-0.4, -0.2) is 72.7 Å². The lowest BCUT2D eigenvalue weighted by Gasteiger charge is -2.38. The van der Waals surface area contributed by atoms with Gasteiger partial charge in [0.05, 0.1) is 19.1 Å². The Morgan fingerprint density at radius 1 is 1.53 bits per heavy atom. The van der Waals surface area contributed by atoms with E-state index in [0.29, 0.717) is 32.8 Å². The molecule has 1 unspecified atom stereocenters. The van der Waals surface area contributed by atoms with Gasteiger partial charge in [0.15, 0.2) is 0 Å². The summed E-state index contributed by atoms with van der Waals surface area (Å²) in [5, 5.41) is 8.78. The topological polar surface area (TPSA) is 70.1 Å². The van der Waals surface area contributed by atoms with Gasteiger partial charge in [0.1, 0.15) is 0 Å². The fraction of sp³-hybridized carbons (Fsp3) is 0.818. The average molecular weight is 244 g/mol. The molecule has 1 aliphatic heterocycles. The van der Waals surface area contributed by atoms with E-state index in [4.69, 9.17) is 9.84 Å². The molecule has 0 radical (unpaired) electrons. The predicted molar refractivity (Wildman–Crippen MR) is 61.7 cm³/mol. The number of likely N-dealkylation sites (N-methyl/N-ethyl adjacent to an activating group) is 1. The van der Waals surface area contributed by atoms with Crippen molar-refractivity contribution in [2.24, 2.45) is 0 Å². The zero-order chi connectivity index (χ0) is 12.8. The Bertz CT molecular complexity index is 283. The maximum atomic E-state index is 12.0. The van der Waals surface area contributed by atoms with E-state index in [1.807, 2.05) is 6.92 Å². The Morgan fingerprint density at radius 3 is 2.82 bits per heavy atom. The second-order valence-electron chi connectivity index (χ2n) is 4.12. The molecule has 0 saturated carbocycles. The molecule has 17 heavy (non-hydrogen) atoms. The van der Waals surface area contributed by atoms with Crippen LogP contribution in [0.25, 0.3) is 0 Å². The SMILES string of the molecule is CCOCCN1CCN(C)C(CC(=O)O)C1=O. The fourth-order valence-electron chi connectivity index (χ4n) is 1.89.